The number of aromatic nitrogens is 3. The van der Waals surface area contributed by atoms with Crippen LogP contribution in [0.2, 0.25) is 0 Å². The van der Waals surface area contributed by atoms with Gasteiger partial charge in [0, 0.05) is 37.6 Å². The van der Waals surface area contributed by atoms with Gasteiger partial charge in [0.1, 0.15) is 5.82 Å². The second-order valence-electron chi connectivity index (χ2n) is 7.47. The van der Waals surface area contributed by atoms with Crippen molar-refractivity contribution in [1.29, 1.82) is 0 Å². The van der Waals surface area contributed by atoms with Crippen molar-refractivity contribution < 1.29 is 9.53 Å². The fourth-order valence-electron chi connectivity index (χ4n) is 3.84. The van der Waals surface area contributed by atoms with E-state index >= 15 is 0 Å². The first-order valence-electron chi connectivity index (χ1n) is 9.43. The zero-order valence-corrected chi connectivity index (χ0v) is 17.0. The van der Waals surface area contributed by atoms with Crippen molar-refractivity contribution >= 4 is 11.7 Å². The number of amides is 1. The van der Waals surface area contributed by atoms with Crippen LogP contribution in [0.15, 0.2) is 18.3 Å². The molecule has 0 aromatic carbocycles. The predicted molar refractivity (Wildman–Crippen MR) is 105 cm³/mol. The normalized spacial score (nSPS) is 21.2. The van der Waals surface area contributed by atoms with Crippen LogP contribution in [0.3, 0.4) is 0 Å². The van der Waals surface area contributed by atoms with Gasteiger partial charge in [-0.05, 0) is 46.8 Å². The summed E-state index contributed by atoms with van der Waals surface area (Å²) in [7, 11) is 1.91. The molecular formula is C20H29N5O2. The highest BCUT2D eigenvalue weighted by molar-refractivity contribution is 5.94. The number of rotatable bonds is 4. The Bertz CT molecular complexity index is 805. The number of pyridine rings is 1. The molecule has 3 rings (SSSR count). The Labute approximate surface area is 160 Å². The maximum atomic E-state index is 12.6. The second kappa shape index (κ2) is 7.68. The van der Waals surface area contributed by atoms with E-state index in [0.29, 0.717) is 5.56 Å². The van der Waals surface area contributed by atoms with Crippen LogP contribution in [0.4, 0.5) is 5.82 Å². The molecule has 1 aliphatic heterocycles. The molecule has 7 nitrogen and oxygen atoms in total. The molecule has 1 saturated heterocycles. The van der Waals surface area contributed by atoms with Crippen molar-refractivity contribution in [3.8, 4) is 0 Å². The van der Waals surface area contributed by atoms with Crippen LogP contribution in [-0.4, -0.2) is 46.0 Å². The summed E-state index contributed by atoms with van der Waals surface area (Å²) in [6, 6.07) is 3.62. The number of anilines is 1. The Kier molecular flexibility index (Phi) is 5.51. The SMILES string of the molecule is Cc1nn(C)c(C)c1[C@H](C)NC(=O)c1ccc(N2C[C@@H](C)O[C@H](C)C2)nc1. The summed E-state index contributed by atoms with van der Waals surface area (Å²) < 4.78 is 7.61. The molecule has 7 heteroatoms. The quantitative estimate of drug-likeness (QED) is 0.894. The number of hydrogen-bond donors (Lipinski definition) is 1. The van der Waals surface area contributed by atoms with Crippen LogP contribution in [0.1, 0.15) is 54.1 Å². The number of nitrogens with one attached hydrogen (secondary N) is 1. The highest BCUT2D eigenvalue weighted by Gasteiger charge is 2.23. The summed E-state index contributed by atoms with van der Waals surface area (Å²) in [5, 5.41) is 7.48. The van der Waals surface area contributed by atoms with Gasteiger partial charge in [-0.1, -0.05) is 0 Å². The number of nitrogens with zero attached hydrogens (tertiary/aromatic N) is 4. The van der Waals surface area contributed by atoms with Crippen molar-refractivity contribution in [3.05, 3.63) is 40.8 Å². The third-order valence-corrected chi connectivity index (χ3v) is 5.10. The average molecular weight is 371 g/mol. The monoisotopic (exact) mass is 371 g/mol. The molecule has 3 heterocycles. The molecular weight excluding hydrogens is 342 g/mol. The lowest BCUT2D eigenvalue weighted by molar-refractivity contribution is -0.00546. The van der Waals surface area contributed by atoms with Gasteiger partial charge in [0.15, 0.2) is 0 Å². The molecule has 0 spiro atoms. The van der Waals surface area contributed by atoms with Crippen molar-refractivity contribution in [2.75, 3.05) is 18.0 Å². The molecule has 2 aromatic rings. The van der Waals surface area contributed by atoms with Crippen LogP contribution in [0.25, 0.3) is 0 Å². The lowest BCUT2D eigenvalue weighted by Crippen LogP contribution is -2.45. The van der Waals surface area contributed by atoms with Gasteiger partial charge in [-0.3, -0.25) is 9.48 Å². The smallest absolute Gasteiger partial charge is 0.253 e. The van der Waals surface area contributed by atoms with Gasteiger partial charge in [0.2, 0.25) is 0 Å². The van der Waals surface area contributed by atoms with Crippen LogP contribution in [-0.2, 0) is 11.8 Å². The Morgan fingerprint density at radius 3 is 2.44 bits per heavy atom. The van der Waals surface area contributed by atoms with Gasteiger partial charge in [-0.25, -0.2) is 4.98 Å². The molecule has 1 amide bonds. The molecule has 1 fully saturated rings. The zero-order valence-electron chi connectivity index (χ0n) is 17.0. The van der Waals surface area contributed by atoms with Gasteiger partial charge in [-0.15, -0.1) is 0 Å². The van der Waals surface area contributed by atoms with E-state index in [1.807, 2.05) is 44.6 Å². The summed E-state index contributed by atoms with van der Waals surface area (Å²) in [5.74, 6) is 0.744. The molecule has 2 aromatic heterocycles. The van der Waals surface area contributed by atoms with Gasteiger partial charge in [-0.2, -0.15) is 5.10 Å². The number of carbonyl (C=O) groups is 1. The second-order valence-corrected chi connectivity index (χ2v) is 7.47. The first kappa shape index (κ1) is 19.4. The third-order valence-electron chi connectivity index (χ3n) is 5.10. The maximum Gasteiger partial charge on any atom is 0.253 e. The molecule has 0 saturated carbocycles. The Morgan fingerprint density at radius 2 is 1.93 bits per heavy atom. The number of hydrogen-bond acceptors (Lipinski definition) is 5. The third kappa shape index (κ3) is 4.13. The van der Waals surface area contributed by atoms with Gasteiger partial charge >= 0.3 is 0 Å². The molecule has 1 N–H and O–H groups in total. The maximum absolute atomic E-state index is 12.6. The lowest BCUT2D eigenvalue weighted by Gasteiger charge is -2.36. The van der Waals surface area contributed by atoms with Crippen molar-refractivity contribution in [2.45, 2.75) is 52.9 Å². The van der Waals surface area contributed by atoms with Crippen LogP contribution in [0.5, 0.6) is 0 Å². The van der Waals surface area contributed by atoms with Crippen LogP contribution < -0.4 is 10.2 Å². The molecule has 0 aliphatic carbocycles. The number of ether oxygens (including phenoxy) is 1. The van der Waals surface area contributed by atoms with E-state index in [1.165, 1.54) is 0 Å². The van der Waals surface area contributed by atoms with Gasteiger partial charge in [0.25, 0.3) is 5.91 Å². The highest BCUT2D eigenvalue weighted by Crippen LogP contribution is 2.22. The molecule has 0 unspecified atom stereocenters. The predicted octanol–water partition coefficient (Wildman–Crippen LogP) is 2.54. The van der Waals surface area contributed by atoms with E-state index in [1.54, 1.807) is 6.20 Å². The Morgan fingerprint density at radius 1 is 1.26 bits per heavy atom. The van der Waals surface area contributed by atoms with Crippen molar-refractivity contribution in [1.82, 2.24) is 20.1 Å². The Balaban J connectivity index is 1.69. The molecule has 146 valence electrons. The number of carbonyl (C=O) groups excluding carboxylic acids is 1. The van der Waals surface area contributed by atoms with Crippen molar-refractivity contribution in [2.24, 2.45) is 7.05 Å². The summed E-state index contributed by atoms with van der Waals surface area (Å²) in [5.41, 5.74) is 3.61. The molecule has 0 bridgehead atoms. The highest BCUT2D eigenvalue weighted by atomic mass is 16.5. The van der Waals surface area contributed by atoms with Crippen molar-refractivity contribution in [3.63, 3.8) is 0 Å². The number of aryl methyl sites for hydroxylation is 2. The summed E-state index contributed by atoms with van der Waals surface area (Å²) in [4.78, 5) is 19.3. The Hall–Kier alpha value is -2.41. The summed E-state index contributed by atoms with van der Waals surface area (Å²) in [6.45, 7) is 11.7. The topological polar surface area (TPSA) is 72.3 Å². The minimum absolute atomic E-state index is 0.119. The number of morpholine rings is 1. The minimum Gasteiger partial charge on any atom is -0.372 e. The van der Waals surface area contributed by atoms with E-state index < -0.39 is 0 Å². The first-order chi connectivity index (χ1) is 12.8. The largest absolute Gasteiger partial charge is 0.372 e. The van der Waals surface area contributed by atoms with E-state index in [4.69, 9.17) is 4.74 Å². The van der Waals surface area contributed by atoms with Gasteiger partial charge in [0.05, 0.1) is 29.5 Å². The van der Waals surface area contributed by atoms with E-state index in [9.17, 15) is 4.79 Å². The fraction of sp³-hybridized carbons (Fsp3) is 0.550. The lowest BCUT2D eigenvalue weighted by atomic mass is 10.1. The van der Waals surface area contributed by atoms with E-state index in [0.717, 1.165) is 35.9 Å². The molecule has 27 heavy (non-hydrogen) atoms. The van der Waals surface area contributed by atoms with E-state index in [2.05, 4.69) is 34.1 Å². The average Bonchev–Trinajstić information content (AvgIpc) is 2.86. The van der Waals surface area contributed by atoms with Crippen LogP contribution in [0, 0.1) is 13.8 Å². The molecule has 3 atom stereocenters. The molecule has 1 aliphatic rings. The minimum atomic E-state index is -0.132. The fourth-order valence-corrected chi connectivity index (χ4v) is 3.84. The summed E-state index contributed by atoms with van der Waals surface area (Å²) in [6.07, 6.45) is 1.99. The summed E-state index contributed by atoms with van der Waals surface area (Å²) >= 11 is 0. The van der Waals surface area contributed by atoms with Gasteiger partial charge < -0.3 is 15.0 Å². The first-order valence-corrected chi connectivity index (χ1v) is 9.43. The standard InChI is InChI=1S/C20H29N5O2/c1-12-10-25(11-13(2)27-12)18-8-7-17(9-21-18)20(26)22-14(3)19-15(4)23-24(6)16(19)5/h7-9,12-14H,10-11H2,1-6H3,(H,22,26)/t12-,13-,14+/m1/s1. The molecule has 0 radical (unpaired) electrons. The van der Waals surface area contributed by atoms with Crippen LogP contribution >= 0.6 is 0 Å². The zero-order chi connectivity index (χ0) is 19.7. The van der Waals surface area contributed by atoms with E-state index in [-0.39, 0.29) is 24.2 Å².